The van der Waals surface area contributed by atoms with Crippen molar-refractivity contribution in [3.8, 4) is 0 Å². The van der Waals surface area contributed by atoms with E-state index in [2.05, 4.69) is 20.2 Å². The highest BCUT2D eigenvalue weighted by molar-refractivity contribution is 7.20. The fourth-order valence-corrected chi connectivity index (χ4v) is 4.86. The van der Waals surface area contributed by atoms with E-state index in [1.807, 2.05) is 39.0 Å². The number of H-pyrrole nitrogens is 1. The Balaban J connectivity index is 1.65. The van der Waals surface area contributed by atoms with E-state index in [1.165, 1.54) is 24.2 Å². The standard InChI is InChI=1S/C21H24N4O2S/c1-12-6-7-15(13(2)10-12)22-20(27)18-14(3)17-19(26)23-16(24-21(17)28-18)11-25-8-4-5-9-25/h6-7,10H,4-5,8-9,11H2,1-3H3,(H,22,27)(H,23,24,26). The van der Waals surface area contributed by atoms with Gasteiger partial charge in [0.05, 0.1) is 16.8 Å². The Labute approximate surface area is 167 Å². The average Bonchev–Trinajstić information content (AvgIpc) is 3.25. The summed E-state index contributed by atoms with van der Waals surface area (Å²) in [6, 6.07) is 5.91. The fraction of sp³-hybridized carbons (Fsp3) is 0.381. The number of hydrogen-bond donors (Lipinski definition) is 2. The molecule has 0 spiro atoms. The molecule has 0 atom stereocenters. The third-order valence-corrected chi connectivity index (χ3v) is 6.44. The van der Waals surface area contributed by atoms with Crippen LogP contribution < -0.4 is 10.9 Å². The Morgan fingerprint density at radius 3 is 2.71 bits per heavy atom. The molecule has 146 valence electrons. The summed E-state index contributed by atoms with van der Waals surface area (Å²) >= 11 is 1.28. The summed E-state index contributed by atoms with van der Waals surface area (Å²) in [6.45, 7) is 8.52. The minimum absolute atomic E-state index is 0.168. The van der Waals surface area contributed by atoms with Crippen molar-refractivity contribution in [1.82, 2.24) is 14.9 Å². The van der Waals surface area contributed by atoms with E-state index in [9.17, 15) is 9.59 Å². The molecule has 4 rings (SSSR count). The van der Waals surface area contributed by atoms with Gasteiger partial charge < -0.3 is 10.3 Å². The molecule has 7 heteroatoms. The maximum atomic E-state index is 12.9. The number of nitrogens with one attached hydrogen (secondary N) is 2. The molecule has 0 bridgehead atoms. The Hall–Kier alpha value is -2.51. The minimum Gasteiger partial charge on any atom is -0.321 e. The molecule has 6 nitrogen and oxygen atoms in total. The highest BCUT2D eigenvalue weighted by Gasteiger charge is 2.21. The van der Waals surface area contributed by atoms with Crippen LogP contribution in [0.5, 0.6) is 0 Å². The fourth-order valence-electron chi connectivity index (χ4n) is 3.77. The number of nitrogens with zero attached hydrogens (tertiary/aromatic N) is 2. The van der Waals surface area contributed by atoms with Gasteiger partial charge in [-0.15, -0.1) is 11.3 Å². The first-order valence-corrected chi connectivity index (χ1v) is 10.4. The first-order valence-electron chi connectivity index (χ1n) is 9.55. The monoisotopic (exact) mass is 396 g/mol. The second-order valence-corrected chi connectivity index (χ2v) is 8.50. The molecule has 3 heterocycles. The Morgan fingerprint density at radius 1 is 1.25 bits per heavy atom. The first-order chi connectivity index (χ1) is 13.4. The van der Waals surface area contributed by atoms with Gasteiger partial charge in [-0.25, -0.2) is 4.98 Å². The van der Waals surface area contributed by atoms with Gasteiger partial charge in [0.25, 0.3) is 11.5 Å². The number of fused-ring (bicyclic) bond motifs is 1. The van der Waals surface area contributed by atoms with E-state index in [1.54, 1.807) is 0 Å². The van der Waals surface area contributed by atoms with Gasteiger partial charge in [-0.1, -0.05) is 17.7 Å². The summed E-state index contributed by atoms with van der Waals surface area (Å²) in [4.78, 5) is 36.5. The van der Waals surface area contributed by atoms with Crippen molar-refractivity contribution < 1.29 is 4.79 Å². The largest absolute Gasteiger partial charge is 0.321 e. The number of rotatable bonds is 4. The van der Waals surface area contributed by atoms with E-state index >= 15 is 0 Å². The number of aryl methyl sites for hydroxylation is 3. The molecular weight excluding hydrogens is 372 g/mol. The van der Waals surface area contributed by atoms with E-state index in [-0.39, 0.29) is 11.5 Å². The zero-order chi connectivity index (χ0) is 19.8. The number of thiophene rings is 1. The summed E-state index contributed by atoms with van der Waals surface area (Å²) in [7, 11) is 0. The molecule has 1 aliphatic rings. The molecule has 1 amide bonds. The number of amides is 1. The molecule has 1 aliphatic heterocycles. The second kappa shape index (κ2) is 7.48. The van der Waals surface area contributed by atoms with Gasteiger partial charge in [-0.05, 0) is 63.9 Å². The summed E-state index contributed by atoms with van der Waals surface area (Å²) < 4.78 is 0. The molecule has 1 aromatic carbocycles. The quantitative estimate of drug-likeness (QED) is 0.704. The normalized spacial score (nSPS) is 14.7. The number of benzene rings is 1. The Bertz CT molecular complexity index is 1110. The number of aromatic amines is 1. The number of carbonyl (C=O) groups excluding carboxylic acids is 1. The van der Waals surface area contributed by atoms with Gasteiger partial charge in [0.2, 0.25) is 0 Å². The third kappa shape index (κ3) is 3.59. The lowest BCUT2D eigenvalue weighted by atomic mass is 10.1. The van der Waals surface area contributed by atoms with Crippen LogP contribution in [0.4, 0.5) is 5.69 Å². The van der Waals surface area contributed by atoms with Crippen LogP contribution in [0.15, 0.2) is 23.0 Å². The maximum Gasteiger partial charge on any atom is 0.266 e. The molecule has 1 saturated heterocycles. The third-order valence-electron chi connectivity index (χ3n) is 5.26. The smallest absolute Gasteiger partial charge is 0.266 e. The van der Waals surface area contributed by atoms with Gasteiger partial charge in [0.1, 0.15) is 10.7 Å². The summed E-state index contributed by atoms with van der Waals surface area (Å²) in [6.07, 6.45) is 2.38. The van der Waals surface area contributed by atoms with E-state index in [4.69, 9.17) is 0 Å². The van der Waals surface area contributed by atoms with Crippen molar-refractivity contribution in [1.29, 1.82) is 0 Å². The molecule has 2 N–H and O–H groups in total. The molecule has 2 aromatic heterocycles. The van der Waals surface area contributed by atoms with Crippen LogP contribution in [0.2, 0.25) is 0 Å². The molecule has 0 aliphatic carbocycles. The molecule has 3 aromatic rings. The zero-order valence-electron chi connectivity index (χ0n) is 16.4. The van der Waals surface area contributed by atoms with Crippen LogP contribution in [-0.2, 0) is 6.54 Å². The molecule has 0 unspecified atom stereocenters. The summed E-state index contributed by atoms with van der Waals surface area (Å²) in [5.41, 5.74) is 3.46. The predicted molar refractivity (Wildman–Crippen MR) is 113 cm³/mol. The van der Waals surface area contributed by atoms with Crippen molar-refractivity contribution >= 4 is 33.1 Å². The highest BCUT2D eigenvalue weighted by Crippen LogP contribution is 2.28. The van der Waals surface area contributed by atoms with E-state index in [0.717, 1.165) is 29.9 Å². The van der Waals surface area contributed by atoms with Gasteiger partial charge in [0.15, 0.2) is 0 Å². The lowest BCUT2D eigenvalue weighted by Crippen LogP contribution is -2.22. The molecule has 28 heavy (non-hydrogen) atoms. The average molecular weight is 397 g/mol. The van der Waals surface area contributed by atoms with Crippen LogP contribution in [-0.4, -0.2) is 33.9 Å². The Kier molecular flexibility index (Phi) is 5.03. The van der Waals surface area contributed by atoms with Crippen LogP contribution in [0, 0.1) is 20.8 Å². The number of hydrogen-bond acceptors (Lipinski definition) is 5. The number of anilines is 1. The van der Waals surface area contributed by atoms with Gasteiger partial charge in [0, 0.05) is 5.69 Å². The van der Waals surface area contributed by atoms with Crippen molar-refractivity contribution in [3.63, 3.8) is 0 Å². The van der Waals surface area contributed by atoms with Gasteiger partial charge >= 0.3 is 0 Å². The SMILES string of the molecule is Cc1ccc(NC(=O)c2sc3nc(CN4CCCC4)[nH]c(=O)c3c2C)c(C)c1. The maximum absolute atomic E-state index is 12.9. The highest BCUT2D eigenvalue weighted by atomic mass is 32.1. The topological polar surface area (TPSA) is 78.1 Å². The first kappa shape index (κ1) is 18.8. The predicted octanol–water partition coefficient (Wildman–Crippen LogP) is 3.76. The lowest BCUT2D eigenvalue weighted by Gasteiger charge is -2.13. The second-order valence-electron chi connectivity index (χ2n) is 7.50. The van der Waals surface area contributed by atoms with Crippen LogP contribution >= 0.6 is 11.3 Å². The number of likely N-dealkylation sites (tertiary alicyclic amines) is 1. The number of aromatic nitrogens is 2. The van der Waals surface area contributed by atoms with Crippen molar-refractivity contribution in [3.05, 3.63) is 55.9 Å². The Morgan fingerprint density at radius 2 is 2.00 bits per heavy atom. The van der Waals surface area contributed by atoms with Crippen molar-refractivity contribution in [2.75, 3.05) is 18.4 Å². The number of carbonyl (C=O) groups is 1. The van der Waals surface area contributed by atoms with E-state index in [0.29, 0.717) is 33.0 Å². The van der Waals surface area contributed by atoms with Gasteiger partial charge in [-0.3, -0.25) is 14.5 Å². The van der Waals surface area contributed by atoms with Crippen LogP contribution in [0.1, 0.15) is 45.0 Å². The molecule has 0 saturated carbocycles. The summed E-state index contributed by atoms with van der Waals surface area (Å²) in [5, 5.41) is 3.49. The molecular formula is C21H24N4O2S. The lowest BCUT2D eigenvalue weighted by molar-refractivity contribution is 0.103. The minimum atomic E-state index is -0.201. The molecule has 0 radical (unpaired) electrons. The van der Waals surface area contributed by atoms with Gasteiger partial charge in [-0.2, -0.15) is 0 Å². The molecule has 1 fully saturated rings. The van der Waals surface area contributed by atoms with Crippen LogP contribution in [0.25, 0.3) is 10.2 Å². The van der Waals surface area contributed by atoms with E-state index < -0.39 is 0 Å². The van der Waals surface area contributed by atoms with Crippen LogP contribution in [0.3, 0.4) is 0 Å². The van der Waals surface area contributed by atoms with Crippen molar-refractivity contribution in [2.45, 2.75) is 40.2 Å². The summed E-state index contributed by atoms with van der Waals surface area (Å²) in [5.74, 6) is 0.468. The van der Waals surface area contributed by atoms with Crippen molar-refractivity contribution in [2.24, 2.45) is 0 Å². The zero-order valence-corrected chi connectivity index (χ0v) is 17.2.